The molecule has 8 heteroatoms. The molecule has 86 valence electrons. The van der Waals surface area contributed by atoms with Crippen LogP contribution in [0.2, 0.25) is 0 Å². The Balaban J connectivity index is 2.56. The van der Waals surface area contributed by atoms with Gasteiger partial charge in [0.1, 0.15) is 17.1 Å². The van der Waals surface area contributed by atoms with E-state index in [1.807, 2.05) is 0 Å². The summed E-state index contributed by atoms with van der Waals surface area (Å²) in [6, 6.07) is 1.62. The number of hydrogen-bond donors (Lipinski definition) is 3. The second kappa shape index (κ2) is 3.36. The van der Waals surface area contributed by atoms with Crippen molar-refractivity contribution in [3.8, 4) is 11.5 Å². The second-order valence-electron chi connectivity index (χ2n) is 3.37. The summed E-state index contributed by atoms with van der Waals surface area (Å²) in [4.78, 5) is 10.8. The SMILES string of the molecule is O=C(O)c1cc(F)cc2c1O[B-](O)(O)CO2. The predicted molar refractivity (Wildman–Crippen MR) is 49.7 cm³/mol. The fraction of sp³-hybridized carbons (Fsp3) is 0.125. The van der Waals surface area contributed by atoms with Gasteiger partial charge in [0.2, 0.25) is 0 Å². The fourth-order valence-corrected chi connectivity index (χ4v) is 1.38. The number of halogens is 1. The molecule has 2 rings (SSSR count). The quantitative estimate of drug-likeness (QED) is 0.575. The predicted octanol–water partition coefficient (Wildman–Crippen LogP) is -0.242. The molecular weight excluding hydrogens is 222 g/mol. The van der Waals surface area contributed by atoms with Gasteiger partial charge in [-0.2, -0.15) is 0 Å². The van der Waals surface area contributed by atoms with Crippen LogP contribution >= 0.6 is 0 Å². The molecule has 6 nitrogen and oxygen atoms in total. The lowest BCUT2D eigenvalue weighted by molar-refractivity contribution is 0.0690. The molecule has 0 amide bonds. The molecule has 1 heterocycles. The second-order valence-corrected chi connectivity index (χ2v) is 3.37. The van der Waals surface area contributed by atoms with Crippen LogP contribution in [0.5, 0.6) is 11.5 Å². The molecular formula is C8H7BFO6-. The maximum atomic E-state index is 13.0. The molecule has 0 radical (unpaired) electrons. The summed E-state index contributed by atoms with van der Waals surface area (Å²) in [5.41, 5.74) is -0.524. The van der Waals surface area contributed by atoms with Crippen molar-refractivity contribution in [2.75, 3.05) is 6.51 Å². The van der Waals surface area contributed by atoms with Gasteiger partial charge in [0, 0.05) is 6.07 Å². The van der Waals surface area contributed by atoms with Crippen LogP contribution in [0.1, 0.15) is 10.4 Å². The molecule has 0 spiro atoms. The first-order chi connectivity index (χ1) is 7.39. The zero-order valence-corrected chi connectivity index (χ0v) is 7.88. The molecule has 0 fully saturated rings. The van der Waals surface area contributed by atoms with E-state index in [0.29, 0.717) is 6.07 Å². The van der Waals surface area contributed by atoms with Crippen molar-refractivity contribution in [2.24, 2.45) is 0 Å². The summed E-state index contributed by atoms with van der Waals surface area (Å²) < 4.78 is 22.5. The first kappa shape index (κ1) is 10.7. The Hall–Kier alpha value is -1.80. The van der Waals surface area contributed by atoms with Crippen LogP contribution in [0.15, 0.2) is 12.1 Å². The topological polar surface area (TPSA) is 96.2 Å². The van der Waals surface area contributed by atoms with E-state index < -0.39 is 30.6 Å². The summed E-state index contributed by atoms with van der Waals surface area (Å²) in [6.07, 6.45) is 0. The van der Waals surface area contributed by atoms with Crippen molar-refractivity contribution in [2.45, 2.75) is 0 Å². The van der Waals surface area contributed by atoms with E-state index in [2.05, 4.69) is 4.65 Å². The Morgan fingerprint density at radius 3 is 2.75 bits per heavy atom. The number of hydrogen-bond acceptors (Lipinski definition) is 5. The van der Waals surface area contributed by atoms with E-state index in [0.717, 1.165) is 6.07 Å². The molecule has 16 heavy (non-hydrogen) atoms. The molecule has 0 saturated carbocycles. The van der Waals surface area contributed by atoms with Crippen LogP contribution in [0, 0.1) is 5.82 Å². The highest BCUT2D eigenvalue weighted by Crippen LogP contribution is 2.36. The third-order valence-electron chi connectivity index (χ3n) is 2.01. The average molecular weight is 229 g/mol. The molecule has 1 aliphatic rings. The summed E-state index contributed by atoms with van der Waals surface area (Å²) in [5, 5.41) is 27.1. The standard InChI is InChI=1S/C8H7BFO6/c10-4-1-5(8(11)12)7-6(2-4)15-3-9(13,14)16-7/h1-2,13-14H,3H2,(H,11,12)/q-1. The number of carbonyl (C=O) groups is 1. The smallest absolute Gasteiger partial charge is 0.467 e. The Labute approximate surface area is 88.9 Å². The minimum atomic E-state index is -3.26. The minimum absolute atomic E-state index is 0.169. The molecule has 0 saturated heterocycles. The first-order valence-electron chi connectivity index (χ1n) is 4.38. The van der Waals surface area contributed by atoms with Crippen LogP contribution in [0.3, 0.4) is 0 Å². The van der Waals surface area contributed by atoms with E-state index >= 15 is 0 Å². The molecule has 0 aliphatic carbocycles. The third kappa shape index (κ3) is 1.80. The molecule has 3 N–H and O–H groups in total. The average Bonchev–Trinajstić information content (AvgIpc) is 2.16. The van der Waals surface area contributed by atoms with Gasteiger partial charge in [0.05, 0.1) is 6.51 Å². The Morgan fingerprint density at radius 2 is 2.12 bits per heavy atom. The van der Waals surface area contributed by atoms with Crippen molar-refractivity contribution < 1.29 is 33.7 Å². The van der Waals surface area contributed by atoms with Gasteiger partial charge in [-0.05, 0) is 6.07 Å². The van der Waals surface area contributed by atoms with Crippen LogP contribution in [-0.2, 0) is 0 Å². The fourth-order valence-electron chi connectivity index (χ4n) is 1.38. The third-order valence-corrected chi connectivity index (χ3v) is 2.01. The molecule has 0 unspecified atom stereocenters. The Morgan fingerprint density at radius 1 is 1.44 bits per heavy atom. The molecule has 1 aromatic carbocycles. The molecule has 1 aliphatic heterocycles. The van der Waals surface area contributed by atoms with Gasteiger partial charge in [0.15, 0.2) is 5.75 Å². The van der Waals surface area contributed by atoms with Gasteiger partial charge in [-0.25, -0.2) is 9.18 Å². The maximum Gasteiger partial charge on any atom is 0.467 e. The van der Waals surface area contributed by atoms with Gasteiger partial charge in [-0.3, -0.25) is 0 Å². The Bertz CT molecular complexity index is 460. The number of carboxylic acids is 1. The normalized spacial score (nSPS) is 16.9. The number of fused-ring (bicyclic) bond motifs is 1. The highest BCUT2D eigenvalue weighted by atomic mass is 19.1. The minimum Gasteiger partial charge on any atom is -0.665 e. The lowest BCUT2D eigenvalue weighted by Gasteiger charge is -2.36. The van der Waals surface area contributed by atoms with E-state index in [4.69, 9.17) is 9.84 Å². The summed E-state index contributed by atoms with van der Waals surface area (Å²) >= 11 is 0. The molecule has 0 bridgehead atoms. The van der Waals surface area contributed by atoms with Gasteiger partial charge < -0.3 is 24.5 Å². The van der Waals surface area contributed by atoms with Gasteiger partial charge in [-0.15, -0.1) is 0 Å². The largest absolute Gasteiger partial charge is 0.665 e. The molecule has 0 atom stereocenters. The van der Waals surface area contributed by atoms with E-state index in [9.17, 15) is 19.2 Å². The summed E-state index contributed by atoms with van der Waals surface area (Å²) in [5.74, 6) is -2.81. The number of benzene rings is 1. The van der Waals surface area contributed by atoms with Gasteiger partial charge >= 0.3 is 12.7 Å². The van der Waals surface area contributed by atoms with Gasteiger partial charge in [-0.1, -0.05) is 0 Å². The lowest BCUT2D eigenvalue weighted by Crippen LogP contribution is -2.51. The summed E-state index contributed by atoms with van der Waals surface area (Å²) in [6.45, 7) is -3.83. The van der Waals surface area contributed by atoms with Crippen molar-refractivity contribution in [1.82, 2.24) is 0 Å². The zero-order chi connectivity index (χ0) is 11.9. The summed E-state index contributed by atoms with van der Waals surface area (Å²) in [7, 11) is 0. The highest BCUT2D eigenvalue weighted by molar-refractivity contribution is 6.58. The van der Waals surface area contributed by atoms with E-state index in [-0.39, 0.29) is 11.5 Å². The molecule has 1 aromatic rings. The number of rotatable bonds is 1. The van der Waals surface area contributed by atoms with Crippen molar-refractivity contribution in [3.63, 3.8) is 0 Å². The van der Waals surface area contributed by atoms with Gasteiger partial charge in [0.25, 0.3) is 0 Å². The van der Waals surface area contributed by atoms with Crippen LogP contribution < -0.4 is 9.39 Å². The van der Waals surface area contributed by atoms with Crippen LogP contribution in [0.25, 0.3) is 0 Å². The highest BCUT2D eigenvalue weighted by Gasteiger charge is 2.33. The van der Waals surface area contributed by atoms with Crippen molar-refractivity contribution in [3.05, 3.63) is 23.5 Å². The van der Waals surface area contributed by atoms with Crippen molar-refractivity contribution in [1.29, 1.82) is 0 Å². The monoisotopic (exact) mass is 229 g/mol. The van der Waals surface area contributed by atoms with Crippen molar-refractivity contribution >= 4 is 12.7 Å². The number of aromatic carboxylic acids is 1. The number of ether oxygens (including phenoxy) is 1. The van der Waals surface area contributed by atoms with E-state index in [1.165, 1.54) is 0 Å². The van der Waals surface area contributed by atoms with Crippen LogP contribution in [-0.4, -0.2) is 34.4 Å². The lowest BCUT2D eigenvalue weighted by atomic mass is 9.80. The number of carboxylic acid groups (broad SMARTS) is 1. The molecule has 0 aromatic heterocycles. The van der Waals surface area contributed by atoms with Crippen LogP contribution in [0.4, 0.5) is 4.39 Å². The first-order valence-corrected chi connectivity index (χ1v) is 4.38. The zero-order valence-electron chi connectivity index (χ0n) is 7.88. The maximum absolute atomic E-state index is 13.0. The van der Waals surface area contributed by atoms with E-state index in [1.54, 1.807) is 0 Å². The Kier molecular flexibility index (Phi) is 2.25.